The van der Waals surface area contributed by atoms with Crippen LogP contribution < -0.4 is 10.9 Å². The van der Waals surface area contributed by atoms with Gasteiger partial charge in [-0.3, -0.25) is 4.79 Å². The van der Waals surface area contributed by atoms with E-state index in [4.69, 9.17) is 4.74 Å². The van der Waals surface area contributed by atoms with Crippen LogP contribution in [-0.2, 0) is 11.3 Å². The van der Waals surface area contributed by atoms with Crippen LogP contribution in [0.3, 0.4) is 0 Å². The lowest BCUT2D eigenvalue weighted by atomic mass is 10.1. The van der Waals surface area contributed by atoms with E-state index < -0.39 is 0 Å². The molecule has 1 aliphatic rings. The smallest absolute Gasteiger partial charge is 0.283 e. The summed E-state index contributed by atoms with van der Waals surface area (Å²) < 4.78 is 7.35. The first-order chi connectivity index (χ1) is 8.22. The molecule has 1 atom stereocenters. The first kappa shape index (κ1) is 12.6. The zero-order valence-electron chi connectivity index (χ0n) is 9.78. The fraction of sp³-hybridized carbons (Fsp3) is 0.636. The molecule has 1 unspecified atom stereocenters. The summed E-state index contributed by atoms with van der Waals surface area (Å²) in [7, 11) is 0. The lowest BCUT2D eigenvalue weighted by Gasteiger charge is -2.24. The van der Waals surface area contributed by atoms with Crippen LogP contribution in [0, 0.1) is 0 Å². The molecule has 2 heterocycles. The van der Waals surface area contributed by atoms with E-state index >= 15 is 0 Å². The average Bonchev–Trinajstić information content (AvgIpc) is 2.37. The van der Waals surface area contributed by atoms with Gasteiger partial charge in [0.1, 0.15) is 4.47 Å². The molecule has 2 rings (SSSR count). The number of nitrogens with one attached hydrogen (secondary N) is 1. The van der Waals surface area contributed by atoms with Gasteiger partial charge in [-0.2, -0.15) is 5.10 Å². The highest BCUT2D eigenvalue weighted by Crippen LogP contribution is 2.19. The van der Waals surface area contributed by atoms with Gasteiger partial charge < -0.3 is 10.1 Å². The maximum atomic E-state index is 11.8. The lowest BCUT2D eigenvalue weighted by Crippen LogP contribution is -2.32. The summed E-state index contributed by atoms with van der Waals surface area (Å²) in [5.74, 6) is 0. The summed E-state index contributed by atoms with van der Waals surface area (Å²) in [5, 5.41) is 7.39. The van der Waals surface area contributed by atoms with Gasteiger partial charge in [0.25, 0.3) is 5.56 Å². The monoisotopic (exact) mass is 301 g/mol. The van der Waals surface area contributed by atoms with Crippen LogP contribution in [0.25, 0.3) is 0 Å². The Hall–Kier alpha value is -0.880. The van der Waals surface area contributed by atoms with Crippen LogP contribution in [0.1, 0.15) is 19.8 Å². The SMILES string of the molecule is CCn1ncc(NC2CCCOC2)c(Br)c1=O. The molecule has 1 saturated heterocycles. The van der Waals surface area contributed by atoms with Gasteiger partial charge in [-0.05, 0) is 35.7 Å². The number of nitrogens with zero attached hydrogens (tertiary/aromatic N) is 2. The van der Waals surface area contributed by atoms with Crippen molar-refractivity contribution in [2.24, 2.45) is 0 Å². The Balaban J connectivity index is 2.15. The zero-order chi connectivity index (χ0) is 12.3. The third-order valence-corrected chi connectivity index (χ3v) is 3.57. The number of hydrogen-bond acceptors (Lipinski definition) is 4. The van der Waals surface area contributed by atoms with E-state index in [0.29, 0.717) is 17.6 Å². The maximum Gasteiger partial charge on any atom is 0.283 e. The molecule has 1 aromatic rings. The van der Waals surface area contributed by atoms with E-state index in [1.54, 1.807) is 6.20 Å². The summed E-state index contributed by atoms with van der Waals surface area (Å²) in [6.45, 7) is 3.98. The van der Waals surface area contributed by atoms with Crippen LogP contribution in [0.15, 0.2) is 15.5 Å². The highest BCUT2D eigenvalue weighted by Gasteiger charge is 2.16. The van der Waals surface area contributed by atoms with Crippen molar-refractivity contribution in [3.05, 3.63) is 21.0 Å². The van der Waals surface area contributed by atoms with Crippen molar-refractivity contribution in [3.63, 3.8) is 0 Å². The van der Waals surface area contributed by atoms with Gasteiger partial charge in [-0.1, -0.05) is 0 Å². The minimum atomic E-state index is -0.103. The van der Waals surface area contributed by atoms with Crippen molar-refractivity contribution in [2.75, 3.05) is 18.5 Å². The number of aryl methyl sites for hydroxylation is 1. The molecule has 1 aromatic heterocycles. The second-order valence-corrected chi connectivity index (χ2v) is 4.84. The minimum Gasteiger partial charge on any atom is -0.379 e. The first-order valence-corrected chi connectivity index (χ1v) is 6.61. The van der Waals surface area contributed by atoms with E-state index in [2.05, 4.69) is 26.3 Å². The van der Waals surface area contributed by atoms with Crippen molar-refractivity contribution in [1.29, 1.82) is 0 Å². The number of halogens is 1. The van der Waals surface area contributed by atoms with Gasteiger partial charge >= 0.3 is 0 Å². The van der Waals surface area contributed by atoms with Crippen LogP contribution >= 0.6 is 15.9 Å². The van der Waals surface area contributed by atoms with E-state index in [0.717, 1.165) is 25.1 Å². The Bertz CT molecular complexity index is 441. The molecular formula is C11H16BrN3O2. The van der Waals surface area contributed by atoms with Gasteiger partial charge in [0.05, 0.1) is 18.5 Å². The Labute approximate surface area is 108 Å². The number of ether oxygens (including phenoxy) is 1. The molecule has 1 aliphatic heterocycles. The third kappa shape index (κ3) is 2.87. The zero-order valence-corrected chi connectivity index (χ0v) is 11.4. The summed E-state index contributed by atoms with van der Waals surface area (Å²) in [4.78, 5) is 11.8. The fourth-order valence-corrected chi connectivity index (χ4v) is 2.29. The normalized spacial score (nSPS) is 20.2. The quantitative estimate of drug-likeness (QED) is 0.922. The Morgan fingerprint density at radius 1 is 1.71 bits per heavy atom. The number of anilines is 1. The topological polar surface area (TPSA) is 56.1 Å². The Kier molecular flexibility index (Phi) is 4.17. The molecule has 0 bridgehead atoms. The highest BCUT2D eigenvalue weighted by molar-refractivity contribution is 9.10. The van der Waals surface area contributed by atoms with Crippen LogP contribution in [-0.4, -0.2) is 29.0 Å². The van der Waals surface area contributed by atoms with Gasteiger partial charge in [-0.25, -0.2) is 4.68 Å². The molecule has 17 heavy (non-hydrogen) atoms. The molecule has 0 aromatic carbocycles. The summed E-state index contributed by atoms with van der Waals surface area (Å²) in [6.07, 6.45) is 3.79. The van der Waals surface area contributed by atoms with Crippen LogP contribution in [0.5, 0.6) is 0 Å². The molecule has 0 radical (unpaired) electrons. The standard InChI is InChI=1S/C11H16BrN3O2/c1-2-15-11(16)10(12)9(6-13-15)14-8-4-3-5-17-7-8/h6,8,14H,2-5,7H2,1H3. The van der Waals surface area contributed by atoms with Gasteiger partial charge in [0, 0.05) is 19.2 Å². The second-order valence-electron chi connectivity index (χ2n) is 4.05. The third-order valence-electron chi connectivity index (χ3n) is 2.80. The molecule has 0 aliphatic carbocycles. The molecule has 6 heteroatoms. The van der Waals surface area contributed by atoms with E-state index in [1.165, 1.54) is 4.68 Å². The Morgan fingerprint density at radius 3 is 3.18 bits per heavy atom. The van der Waals surface area contributed by atoms with Crippen LogP contribution in [0.4, 0.5) is 5.69 Å². The Morgan fingerprint density at radius 2 is 2.53 bits per heavy atom. The second kappa shape index (κ2) is 5.64. The molecule has 94 valence electrons. The van der Waals surface area contributed by atoms with Gasteiger partial charge in [0.15, 0.2) is 0 Å². The summed E-state index contributed by atoms with van der Waals surface area (Å²) in [6, 6.07) is 0.263. The molecule has 1 fully saturated rings. The van der Waals surface area contributed by atoms with Crippen molar-refractivity contribution in [1.82, 2.24) is 9.78 Å². The maximum absolute atomic E-state index is 11.8. The van der Waals surface area contributed by atoms with E-state index in [1.807, 2.05) is 6.92 Å². The molecule has 0 spiro atoms. The highest BCUT2D eigenvalue weighted by atomic mass is 79.9. The van der Waals surface area contributed by atoms with Gasteiger partial charge in [0.2, 0.25) is 0 Å². The van der Waals surface area contributed by atoms with Crippen molar-refractivity contribution >= 4 is 21.6 Å². The molecule has 5 nitrogen and oxygen atoms in total. The number of hydrogen-bond donors (Lipinski definition) is 1. The molecule has 0 amide bonds. The van der Waals surface area contributed by atoms with Crippen molar-refractivity contribution in [2.45, 2.75) is 32.4 Å². The molecular weight excluding hydrogens is 286 g/mol. The van der Waals surface area contributed by atoms with Crippen LogP contribution in [0.2, 0.25) is 0 Å². The summed E-state index contributed by atoms with van der Waals surface area (Å²) in [5.41, 5.74) is 0.643. The molecule has 0 saturated carbocycles. The van der Waals surface area contributed by atoms with Crippen molar-refractivity contribution in [3.8, 4) is 0 Å². The summed E-state index contributed by atoms with van der Waals surface area (Å²) >= 11 is 3.32. The lowest BCUT2D eigenvalue weighted by molar-refractivity contribution is 0.0876. The largest absolute Gasteiger partial charge is 0.379 e. The van der Waals surface area contributed by atoms with E-state index in [-0.39, 0.29) is 11.6 Å². The number of aromatic nitrogens is 2. The molecule has 1 N–H and O–H groups in total. The fourth-order valence-electron chi connectivity index (χ4n) is 1.87. The van der Waals surface area contributed by atoms with Gasteiger partial charge in [-0.15, -0.1) is 0 Å². The predicted octanol–water partition coefficient (Wildman–Crippen LogP) is 1.62. The minimum absolute atomic E-state index is 0.103. The average molecular weight is 302 g/mol. The predicted molar refractivity (Wildman–Crippen MR) is 69.3 cm³/mol. The first-order valence-electron chi connectivity index (χ1n) is 5.82. The van der Waals surface area contributed by atoms with E-state index in [9.17, 15) is 4.79 Å². The van der Waals surface area contributed by atoms with Crippen molar-refractivity contribution < 1.29 is 4.74 Å². The number of rotatable bonds is 3.